The van der Waals surface area contributed by atoms with Crippen molar-refractivity contribution in [2.24, 2.45) is 11.8 Å². The minimum absolute atomic E-state index is 0.0851. The summed E-state index contributed by atoms with van der Waals surface area (Å²) >= 11 is 3.87. The van der Waals surface area contributed by atoms with Gasteiger partial charge in [0, 0.05) is 11.9 Å². The Kier molecular flexibility index (Phi) is 4.85. The maximum absolute atomic E-state index is 11.9. The van der Waals surface area contributed by atoms with E-state index in [2.05, 4.69) is 34.8 Å². The van der Waals surface area contributed by atoms with Crippen LogP contribution in [0.2, 0.25) is 0 Å². The molecule has 1 N–H and O–H groups in total. The number of hydrogen-bond acceptors (Lipinski definition) is 2. The molecule has 4 heteroatoms. The molecule has 0 saturated heterocycles. The highest BCUT2D eigenvalue weighted by Crippen LogP contribution is 2.29. The van der Waals surface area contributed by atoms with Gasteiger partial charge in [0.05, 0.1) is 8.45 Å². The Balaban J connectivity index is 1.83. The summed E-state index contributed by atoms with van der Waals surface area (Å²) in [6.07, 6.45) is 5.26. The zero-order chi connectivity index (χ0) is 12.3. The van der Waals surface area contributed by atoms with Gasteiger partial charge in [0.2, 0.25) is 0 Å². The van der Waals surface area contributed by atoms with Crippen molar-refractivity contribution in [3.05, 3.63) is 19.9 Å². The molecule has 1 aliphatic rings. The Labute approximate surface area is 120 Å². The summed E-state index contributed by atoms with van der Waals surface area (Å²) in [4.78, 5) is 11.9. The molecule has 2 atom stereocenters. The number of amides is 1. The molecule has 0 bridgehead atoms. The van der Waals surface area contributed by atoms with Crippen LogP contribution in [0.4, 0.5) is 0 Å². The molecule has 0 spiro atoms. The minimum atomic E-state index is 0.0851. The Morgan fingerprint density at radius 2 is 2.29 bits per heavy atom. The van der Waals surface area contributed by atoms with Crippen molar-refractivity contribution in [3.8, 4) is 0 Å². The predicted molar refractivity (Wildman–Crippen MR) is 80.5 cm³/mol. The van der Waals surface area contributed by atoms with Crippen LogP contribution >= 0.6 is 33.9 Å². The summed E-state index contributed by atoms with van der Waals surface area (Å²) in [7, 11) is 0. The second kappa shape index (κ2) is 6.18. The molecule has 1 heterocycles. The maximum Gasteiger partial charge on any atom is 0.252 e. The largest absolute Gasteiger partial charge is 0.352 e. The molecule has 1 aliphatic carbocycles. The van der Waals surface area contributed by atoms with E-state index in [1.807, 2.05) is 11.4 Å². The lowest BCUT2D eigenvalue weighted by Gasteiger charge is -2.28. The number of hydrogen-bond donors (Lipinski definition) is 1. The fraction of sp³-hybridized carbons (Fsp3) is 0.615. The van der Waals surface area contributed by atoms with Gasteiger partial charge in [-0.2, -0.15) is 0 Å². The summed E-state index contributed by atoms with van der Waals surface area (Å²) in [6, 6.07) is 1.95. The summed E-state index contributed by atoms with van der Waals surface area (Å²) in [5.41, 5.74) is 0.808. The Bertz CT molecular complexity index is 391. The topological polar surface area (TPSA) is 29.1 Å². The first-order chi connectivity index (χ1) is 8.16. The normalized spacial score (nSPS) is 24.6. The minimum Gasteiger partial charge on any atom is -0.352 e. The number of nitrogens with one attached hydrogen (secondary N) is 1. The highest BCUT2D eigenvalue weighted by atomic mass is 127. The van der Waals surface area contributed by atoms with E-state index in [0.29, 0.717) is 5.92 Å². The average molecular weight is 363 g/mol. The lowest BCUT2D eigenvalue weighted by Crippen LogP contribution is -2.33. The van der Waals surface area contributed by atoms with E-state index in [1.54, 1.807) is 11.3 Å². The smallest absolute Gasteiger partial charge is 0.252 e. The van der Waals surface area contributed by atoms with Crippen LogP contribution in [0.25, 0.3) is 0 Å². The van der Waals surface area contributed by atoms with Crippen LogP contribution < -0.4 is 5.32 Å². The number of halogens is 1. The quantitative estimate of drug-likeness (QED) is 0.811. The molecule has 94 valence electrons. The molecule has 0 aliphatic heterocycles. The van der Waals surface area contributed by atoms with E-state index in [9.17, 15) is 4.79 Å². The van der Waals surface area contributed by atoms with E-state index < -0.39 is 0 Å². The molecule has 0 radical (unpaired) electrons. The predicted octanol–water partition coefficient (Wildman–Crippen LogP) is 3.91. The highest BCUT2D eigenvalue weighted by molar-refractivity contribution is 14.1. The lowest BCUT2D eigenvalue weighted by atomic mass is 9.80. The molecule has 2 nitrogen and oxygen atoms in total. The second-order valence-electron chi connectivity index (χ2n) is 4.87. The van der Waals surface area contributed by atoms with Crippen molar-refractivity contribution in [1.29, 1.82) is 0 Å². The number of carbonyl (C=O) groups is 1. The SMILES string of the molecule is CC1CCCCC1CNC(=O)c1csc(I)c1. The Hall–Kier alpha value is -0.100. The van der Waals surface area contributed by atoms with Crippen molar-refractivity contribution < 1.29 is 4.79 Å². The van der Waals surface area contributed by atoms with Gasteiger partial charge in [-0.1, -0.05) is 26.2 Å². The molecule has 1 aromatic heterocycles. The number of rotatable bonds is 3. The van der Waals surface area contributed by atoms with Gasteiger partial charge in [0.25, 0.3) is 5.91 Å². The van der Waals surface area contributed by atoms with Gasteiger partial charge in [-0.25, -0.2) is 0 Å². The Morgan fingerprint density at radius 1 is 1.53 bits per heavy atom. The average Bonchev–Trinajstić information content (AvgIpc) is 2.74. The van der Waals surface area contributed by atoms with E-state index in [-0.39, 0.29) is 5.91 Å². The van der Waals surface area contributed by atoms with Crippen LogP contribution in [0.5, 0.6) is 0 Å². The molecular formula is C13H18INOS. The highest BCUT2D eigenvalue weighted by Gasteiger charge is 2.21. The third-order valence-corrected chi connectivity index (χ3v) is 5.43. The first-order valence-electron chi connectivity index (χ1n) is 6.19. The van der Waals surface area contributed by atoms with Crippen molar-refractivity contribution in [3.63, 3.8) is 0 Å². The van der Waals surface area contributed by atoms with E-state index in [1.165, 1.54) is 28.6 Å². The van der Waals surface area contributed by atoms with Crippen molar-refractivity contribution in [2.45, 2.75) is 32.6 Å². The standard InChI is InChI=1S/C13H18INOS/c1-9-4-2-3-5-10(9)7-15-13(16)11-6-12(14)17-8-11/h6,8-10H,2-5,7H2,1H3,(H,15,16). The summed E-state index contributed by atoms with van der Waals surface area (Å²) < 4.78 is 1.17. The number of thiophene rings is 1. The van der Waals surface area contributed by atoms with Crippen LogP contribution in [0.1, 0.15) is 43.0 Å². The fourth-order valence-electron chi connectivity index (χ4n) is 2.45. The van der Waals surface area contributed by atoms with Gasteiger partial charge in [0.1, 0.15) is 0 Å². The zero-order valence-electron chi connectivity index (χ0n) is 10.0. The van der Waals surface area contributed by atoms with Crippen LogP contribution in [0, 0.1) is 14.7 Å². The summed E-state index contributed by atoms with van der Waals surface area (Å²) in [5, 5.41) is 5.01. The van der Waals surface area contributed by atoms with Crippen LogP contribution in [-0.4, -0.2) is 12.5 Å². The molecule has 0 aromatic carbocycles. The monoisotopic (exact) mass is 363 g/mol. The molecule has 1 fully saturated rings. The molecule has 2 rings (SSSR count). The third-order valence-electron chi connectivity index (χ3n) is 3.64. The maximum atomic E-state index is 11.9. The van der Waals surface area contributed by atoms with Crippen molar-refractivity contribution in [1.82, 2.24) is 5.32 Å². The van der Waals surface area contributed by atoms with Gasteiger partial charge in [-0.05, 0) is 46.9 Å². The van der Waals surface area contributed by atoms with Gasteiger partial charge < -0.3 is 5.32 Å². The molecule has 1 amide bonds. The fourth-order valence-corrected chi connectivity index (χ4v) is 3.78. The van der Waals surface area contributed by atoms with Gasteiger partial charge >= 0.3 is 0 Å². The molecular weight excluding hydrogens is 345 g/mol. The van der Waals surface area contributed by atoms with E-state index in [0.717, 1.165) is 18.0 Å². The van der Waals surface area contributed by atoms with Crippen LogP contribution in [0.15, 0.2) is 11.4 Å². The zero-order valence-corrected chi connectivity index (χ0v) is 13.0. The van der Waals surface area contributed by atoms with Gasteiger partial charge in [0.15, 0.2) is 0 Å². The van der Waals surface area contributed by atoms with Crippen LogP contribution in [0.3, 0.4) is 0 Å². The number of carbonyl (C=O) groups excluding carboxylic acids is 1. The first-order valence-corrected chi connectivity index (χ1v) is 8.15. The summed E-state index contributed by atoms with van der Waals surface area (Å²) in [6.45, 7) is 3.15. The second-order valence-corrected chi connectivity index (χ2v) is 7.68. The van der Waals surface area contributed by atoms with Crippen molar-refractivity contribution in [2.75, 3.05) is 6.54 Å². The molecule has 1 saturated carbocycles. The molecule has 1 aromatic rings. The van der Waals surface area contributed by atoms with Crippen LogP contribution in [-0.2, 0) is 0 Å². The van der Waals surface area contributed by atoms with Gasteiger partial charge in [-0.3, -0.25) is 4.79 Å². The third kappa shape index (κ3) is 3.68. The lowest BCUT2D eigenvalue weighted by molar-refractivity contribution is 0.0937. The van der Waals surface area contributed by atoms with E-state index >= 15 is 0 Å². The Morgan fingerprint density at radius 3 is 2.94 bits per heavy atom. The molecule has 17 heavy (non-hydrogen) atoms. The van der Waals surface area contributed by atoms with E-state index in [4.69, 9.17) is 0 Å². The summed E-state index contributed by atoms with van der Waals surface area (Å²) in [5.74, 6) is 1.51. The first kappa shape index (κ1) is 13.3. The van der Waals surface area contributed by atoms with Gasteiger partial charge in [-0.15, -0.1) is 11.3 Å². The van der Waals surface area contributed by atoms with Crippen molar-refractivity contribution >= 4 is 39.8 Å². The molecule has 2 unspecified atom stereocenters.